The summed E-state index contributed by atoms with van der Waals surface area (Å²) in [7, 11) is 0. The van der Waals surface area contributed by atoms with Crippen LogP contribution < -0.4 is 5.32 Å². The average Bonchev–Trinajstić information content (AvgIpc) is 3.17. The fraction of sp³-hybridized carbons (Fsp3) is 0.550. The van der Waals surface area contributed by atoms with Gasteiger partial charge in [0.25, 0.3) is 0 Å². The highest BCUT2D eigenvalue weighted by Crippen LogP contribution is 2.27. The molecule has 4 rings (SSSR count). The first-order valence-corrected chi connectivity index (χ1v) is 9.58. The number of carbonyl (C=O) groups excluding carboxylic acids is 1. The van der Waals surface area contributed by atoms with Gasteiger partial charge in [-0.1, -0.05) is 22.9 Å². The van der Waals surface area contributed by atoms with E-state index in [-0.39, 0.29) is 5.91 Å². The number of likely N-dealkylation sites (tertiary alicyclic amines) is 1. The number of nitrogens with zero attached hydrogens (tertiary/aromatic N) is 4. The van der Waals surface area contributed by atoms with Gasteiger partial charge in [-0.05, 0) is 63.7 Å². The van der Waals surface area contributed by atoms with E-state index in [2.05, 4.69) is 34.7 Å². The van der Waals surface area contributed by atoms with E-state index in [9.17, 15) is 4.79 Å². The topological polar surface area (TPSA) is 63.1 Å². The summed E-state index contributed by atoms with van der Waals surface area (Å²) >= 11 is 0. The molecule has 1 amide bonds. The third-order valence-electron chi connectivity index (χ3n) is 5.96. The van der Waals surface area contributed by atoms with E-state index in [0.717, 1.165) is 67.9 Å². The van der Waals surface area contributed by atoms with E-state index in [1.54, 1.807) is 0 Å². The van der Waals surface area contributed by atoms with Crippen LogP contribution in [0.15, 0.2) is 24.3 Å². The molecular weight excluding hydrogens is 326 g/mol. The lowest BCUT2D eigenvalue weighted by Crippen LogP contribution is -2.34. The molecule has 0 saturated carbocycles. The molecule has 2 aliphatic heterocycles. The molecule has 2 aromatic rings. The molecule has 2 fully saturated rings. The van der Waals surface area contributed by atoms with E-state index in [4.69, 9.17) is 0 Å². The van der Waals surface area contributed by atoms with Gasteiger partial charge in [-0.25, -0.2) is 4.68 Å². The largest absolute Gasteiger partial charge is 0.342 e. The molecule has 0 radical (unpaired) electrons. The van der Waals surface area contributed by atoms with Gasteiger partial charge in [-0.15, -0.1) is 5.10 Å². The van der Waals surface area contributed by atoms with Crippen molar-refractivity contribution in [2.24, 2.45) is 11.8 Å². The normalized spacial score (nSPS) is 22.9. The Morgan fingerprint density at radius 1 is 1.12 bits per heavy atom. The van der Waals surface area contributed by atoms with Crippen LogP contribution in [0.3, 0.4) is 0 Å². The van der Waals surface area contributed by atoms with Crippen LogP contribution in [0, 0.1) is 25.7 Å². The van der Waals surface area contributed by atoms with Gasteiger partial charge in [-0.3, -0.25) is 4.79 Å². The molecule has 6 nitrogen and oxygen atoms in total. The summed E-state index contributed by atoms with van der Waals surface area (Å²) in [5.74, 6) is 1.64. The van der Waals surface area contributed by atoms with E-state index < -0.39 is 0 Å². The number of nitrogens with one attached hydrogen (secondary N) is 1. The number of hydrogen-bond donors (Lipinski definition) is 1. The van der Waals surface area contributed by atoms with Gasteiger partial charge in [-0.2, -0.15) is 0 Å². The Bertz CT molecular complexity index is 768. The number of aryl methyl sites for hydroxylation is 1. The van der Waals surface area contributed by atoms with Crippen LogP contribution in [-0.4, -0.2) is 52.0 Å². The minimum Gasteiger partial charge on any atom is -0.342 e. The molecule has 6 heteroatoms. The van der Waals surface area contributed by atoms with Gasteiger partial charge in [0.1, 0.15) is 0 Å². The Morgan fingerprint density at radius 2 is 1.77 bits per heavy atom. The van der Waals surface area contributed by atoms with Crippen molar-refractivity contribution in [2.75, 3.05) is 26.2 Å². The Morgan fingerprint density at radius 3 is 2.42 bits per heavy atom. The zero-order valence-electron chi connectivity index (χ0n) is 15.6. The Hall–Kier alpha value is -2.21. The van der Waals surface area contributed by atoms with Crippen molar-refractivity contribution in [1.29, 1.82) is 0 Å². The SMILES string of the molecule is Cc1ccc(-n2nnc(CC(=O)N3CC[C@@H]4CNC[C@@H]4CC3)c2C)cc1. The molecule has 1 aromatic heterocycles. The summed E-state index contributed by atoms with van der Waals surface area (Å²) in [5.41, 5.74) is 3.91. The van der Waals surface area contributed by atoms with Crippen LogP contribution in [-0.2, 0) is 11.2 Å². The Kier molecular flexibility index (Phi) is 4.76. The molecule has 1 aromatic carbocycles. The number of fused-ring (bicyclic) bond motifs is 1. The Labute approximate surface area is 154 Å². The molecule has 2 atom stereocenters. The predicted octanol–water partition coefficient (Wildman–Crippen LogP) is 1.88. The van der Waals surface area contributed by atoms with Crippen LogP contribution in [0.2, 0.25) is 0 Å². The maximum absolute atomic E-state index is 12.8. The summed E-state index contributed by atoms with van der Waals surface area (Å²) in [4.78, 5) is 14.8. The molecule has 0 spiro atoms. The fourth-order valence-electron chi connectivity index (χ4n) is 4.18. The minimum absolute atomic E-state index is 0.178. The molecule has 26 heavy (non-hydrogen) atoms. The van der Waals surface area contributed by atoms with Crippen molar-refractivity contribution < 1.29 is 4.79 Å². The van der Waals surface area contributed by atoms with Crippen molar-refractivity contribution >= 4 is 5.91 Å². The van der Waals surface area contributed by atoms with Gasteiger partial charge in [0.05, 0.1) is 23.5 Å². The molecule has 0 unspecified atom stereocenters. The number of amides is 1. The first-order chi connectivity index (χ1) is 12.6. The number of rotatable bonds is 3. The van der Waals surface area contributed by atoms with Gasteiger partial charge < -0.3 is 10.2 Å². The lowest BCUT2D eigenvalue weighted by Gasteiger charge is -2.20. The smallest absolute Gasteiger partial charge is 0.228 e. The van der Waals surface area contributed by atoms with Gasteiger partial charge in [0.2, 0.25) is 5.91 Å². The summed E-state index contributed by atoms with van der Waals surface area (Å²) in [6.07, 6.45) is 2.56. The van der Waals surface area contributed by atoms with Gasteiger partial charge >= 0.3 is 0 Å². The number of benzene rings is 1. The van der Waals surface area contributed by atoms with E-state index in [1.807, 2.05) is 28.6 Å². The molecule has 3 heterocycles. The second kappa shape index (κ2) is 7.19. The van der Waals surface area contributed by atoms with E-state index in [1.165, 1.54) is 5.56 Å². The highest BCUT2D eigenvalue weighted by molar-refractivity contribution is 5.78. The second-order valence-corrected chi connectivity index (χ2v) is 7.68. The standard InChI is InChI=1S/C20H27N5O/c1-14-3-5-18(6-4-14)25-15(2)19(22-23-25)11-20(26)24-9-7-16-12-21-13-17(16)8-10-24/h3-6,16-17,21H,7-13H2,1-2H3/t16-,17+. The molecule has 2 aliphatic rings. The van der Waals surface area contributed by atoms with Crippen molar-refractivity contribution in [3.63, 3.8) is 0 Å². The van der Waals surface area contributed by atoms with Crippen LogP contribution in [0.5, 0.6) is 0 Å². The fourth-order valence-corrected chi connectivity index (χ4v) is 4.18. The molecule has 1 N–H and O–H groups in total. The van der Waals surface area contributed by atoms with E-state index in [0.29, 0.717) is 6.42 Å². The predicted molar refractivity (Wildman–Crippen MR) is 100 cm³/mol. The zero-order valence-corrected chi connectivity index (χ0v) is 15.6. The molecule has 0 bridgehead atoms. The summed E-state index contributed by atoms with van der Waals surface area (Å²) in [6.45, 7) is 8.00. The number of hydrogen-bond acceptors (Lipinski definition) is 4. The summed E-state index contributed by atoms with van der Waals surface area (Å²) in [5, 5.41) is 12.0. The monoisotopic (exact) mass is 353 g/mol. The number of aromatic nitrogens is 3. The van der Waals surface area contributed by atoms with Gasteiger partial charge in [0.15, 0.2) is 0 Å². The maximum Gasteiger partial charge on any atom is 0.228 e. The highest BCUT2D eigenvalue weighted by atomic mass is 16.2. The van der Waals surface area contributed by atoms with Crippen molar-refractivity contribution in [3.05, 3.63) is 41.2 Å². The van der Waals surface area contributed by atoms with Gasteiger partial charge in [0, 0.05) is 13.1 Å². The molecule has 138 valence electrons. The lowest BCUT2D eigenvalue weighted by molar-refractivity contribution is -0.130. The third kappa shape index (κ3) is 3.38. The van der Waals surface area contributed by atoms with Crippen molar-refractivity contribution in [1.82, 2.24) is 25.2 Å². The molecule has 0 aliphatic carbocycles. The van der Waals surface area contributed by atoms with Crippen molar-refractivity contribution in [3.8, 4) is 5.69 Å². The second-order valence-electron chi connectivity index (χ2n) is 7.68. The maximum atomic E-state index is 12.8. The highest BCUT2D eigenvalue weighted by Gasteiger charge is 2.31. The van der Waals surface area contributed by atoms with E-state index >= 15 is 0 Å². The zero-order chi connectivity index (χ0) is 18.1. The minimum atomic E-state index is 0.178. The van der Waals surface area contributed by atoms with Crippen LogP contribution in [0.1, 0.15) is 29.8 Å². The lowest BCUT2D eigenvalue weighted by atomic mass is 9.92. The summed E-state index contributed by atoms with van der Waals surface area (Å²) < 4.78 is 1.82. The number of carbonyl (C=O) groups is 1. The van der Waals surface area contributed by atoms with Crippen molar-refractivity contribution in [2.45, 2.75) is 33.1 Å². The van der Waals surface area contributed by atoms with Crippen LogP contribution in [0.4, 0.5) is 0 Å². The molecular formula is C20H27N5O. The first-order valence-electron chi connectivity index (χ1n) is 9.58. The first kappa shape index (κ1) is 17.2. The average molecular weight is 353 g/mol. The van der Waals surface area contributed by atoms with Crippen LogP contribution in [0.25, 0.3) is 5.69 Å². The quantitative estimate of drug-likeness (QED) is 0.915. The Balaban J connectivity index is 1.44. The molecule has 2 saturated heterocycles. The third-order valence-corrected chi connectivity index (χ3v) is 5.96. The van der Waals surface area contributed by atoms with Crippen LogP contribution >= 0.6 is 0 Å². The summed E-state index contributed by atoms with van der Waals surface area (Å²) in [6, 6.07) is 8.18.